The molecule has 2 bridgehead atoms. The minimum absolute atomic E-state index is 0.140. The molecule has 2 amide bonds. The number of imide groups is 1. The first-order valence-electron chi connectivity index (χ1n) is 11.5. The maximum atomic E-state index is 13.0. The molecule has 7 heteroatoms. The van der Waals surface area contributed by atoms with E-state index >= 15 is 0 Å². The fraction of sp³-hybridized carbons (Fsp3) is 0.385. The van der Waals surface area contributed by atoms with Crippen molar-refractivity contribution in [2.75, 3.05) is 6.61 Å². The summed E-state index contributed by atoms with van der Waals surface area (Å²) >= 11 is 0. The molecule has 1 saturated heterocycles. The smallest absolute Gasteiger partial charge is 0.340 e. The molecule has 1 aliphatic heterocycles. The number of benzene rings is 1. The molecule has 1 aromatic carbocycles. The summed E-state index contributed by atoms with van der Waals surface area (Å²) in [4.78, 5) is 38.5. The van der Waals surface area contributed by atoms with Crippen LogP contribution in [-0.4, -0.2) is 40.2 Å². The number of carbonyl (C=O) groups is 3. The molecule has 4 atom stereocenters. The van der Waals surface area contributed by atoms with Gasteiger partial charge in [-0.1, -0.05) is 24.3 Å². The number of allylic oxidation sites excluding steroid dienone is 2. The normalized spacial score (nSPS) is 25.8. The molecule has 2 aromatic rings. The van der Waals surface area contributed by atoms with Crippen LogP contribution in [0.5, 0.6) is 0 Å². The number of ether oxygens (including phenoxy) is 1. The van der Waals surface area contributed by atoms with Gasteiger partial charge in [0.1, 0.15) is 0 Å². The maximum Gasteiger partial charge on any atom is 0.340 e. The van der Waals surface area contributed by atoms with Crippen LogP contribution in [0, 0.1) is 37.5 Å². The number of carbonyl (C=O) groups excluding carboxylic acids is 3. The number of para-hydroxylation sites is 1. The molecule has 1 saturated carbocycles. The van der Waals surface area contributed by atoms with Crippen molar-refractivity contribution >= 4 is 24.0 Å². The average Bonchev–Trinajstić information content (AvgIpc) is 3.26. The number of hydrogen-bond acceptors (Lipinski definition) is 5. The molecule has 3 aliphatic carbocycles. The van der Waals surface area contributed by atoms with Crippen LogP contribution in [0.4, 0.5) is 0 Å². The quantitative estimate of drug-likeness (QED) is 0.303. The Hall–Kier alpha value is -3.48. The molecule has 170 valence electrons. The fourth-order valence-electron chi connectivity index (χ4n) is 5.63. The SMILES string of the molecule is CCOC(=O)c1ccccc1-n1c(C)cc(/C=N\N2C(=O)[C@@H]3[C@@H](C2=O)[C@H]2C=C[C@H]3CC2)c1C. The van der Waals surface area contributed by atoms with E-state index in [0.29, 0.717) is 17.9 Å². The Balaban J connectivity index is 1.46. The van der Waals surface area contributed by atoms with Gasteiger partial charge < -0.3 is 9.30 Å². The first-order valence-corrected chi connectivity index (χ1v) is 11.5. The molecule has 2 fully saturated rings. The van der Waals surface area contributed by atoms with Crippen LogP contribution in [0.25, 0.3) is 5.69 Å². The predicted molar refractivity (Wildman–Crippen MR) is 123 cm³/mol. The summed E-state index contributed by atoms with van der Waals surface area (Å²) in [6, 6.07) is 9.22. The third-order valence-electron chi connectivity index (χ3n) is 7.16. The van der Waals surface area contributed by atoms with Gasteiger partial charge in [-0.05, 0) is 63.6 Å². The Kier molecular flexibility index (Phi) is 5.27. The Labute approximate surface area is 192 Å². The summed E-state index contributed by atoms with van der Waals surface area (Å²) < 4.78 is 7.18. The Morgan fingerprint density at radius 2 is 1.73 bits per heavy atom. The lowest BCUT2D eigenvalue weighted by molar-refractivity contribution is -0.140. The number of amides is 2. The second-order valence-corrected chi connectivity index (χ2v) is 8.97. The largest absolute Gasteiger partial charge is 0.462 e. The zero-order chi connectivity index (χ0) is 23.3. The van der Waals surface area contributed by atoms with Crippen LogP contribution in [0.1, 0.15) is 47.1 Å². The average molecular weight is 446 g/mol. The summed E-state index contributed by atoms with van der Waals surface area (Å²) in [7, 11) is 0. The molecule has 2 heterocycles. The summed E-state index contributed by atoms with van der Waals surface area (Å²) in [6.45, 7) is 5.94. The van der Waals surface area contributed by atoms with E-state index in [0.717, 1.165) is 34.8 Å². The van der Waals surface area contributed by atoms with Gasteiger partial charge in [0, 0.05) is 17.0 Å². The third-order valence-corrected chi connectivity index (χ3v) is 7.16. The van der Waals surface area contributed by atoms with Gasteiger partial charge in [0.2, 0.25) is 0 Å². The van der Waals surface area contributed by atoms with E-state index in [1.54, 1.807) is 25.3 Å². The summed E-state index contributed by atoms with van der Waals surface area (Å²) in [5.74, 6) is -1.04. The standard InChI is InChI=1S/C26H27N3O4/c1-4-33-26(32)20-7-5-6-8-21(20)28-15(2)13-19(16(28)3)14-27-29-24(30)22-17-9-10-18(12-11-17)23(22)25(29)31/h5-10,13-14,17-18,22-23H,4,11-12H2,1-3H3/b27-14-/t17-,18-,22-,23-/m0/s1. The van der Waals surface area contributed by atoms with Gasteiger partial charge in [0.15, 0.2) is 0 Å². The van der Waals surface area contributed by atoms with Crippen LogP contribution in [0.2, 0.25) is 0 Å². The van der Waals surface area contributed by atoms with Crippen molar-refractivity contribution in [3.05, 3.63) is 65.0 Å². The zero-order valence-electron chi connectivity index (χ0n) is 19.0. The van der Waals surface area contributed by atoms with Gasteiger partial charge in [-0.25, -0.2) is 4.79 Å². The number of hydrogen-bond donors (Lipinski definition) is 0. The first kappa shape index (κ1) is 21.4. The molecule has 33 heavy (non-hydrogen) atoms. The monoisotopic (exact) mass is 445 g/mol. The number of aromatic nitrogens is 1. The van der Waals surface area contributed by atoms with E-state index < -0.39 is 0 Å². The maximum absolute atomic E-state index is 13.0. The van der Waals surface area contributed by atoms with Crippen LogP contribution >= 0.6 is 0 Å². The molecule has 0 unspecified atom stereocenters. The number of nitrogens with zero attached hydrogens (tertiary/aromatic N) is 3. The number of aryl methyl sites for hydroxylation is 1. The summed E-state index contributed by atoms with van der Waals surface area (Å²) in [6.07, 6.45) is 7.69. The van der Waals surface area contributed by atoms with Crippen molar-refractivity contribution in [1.29, 1.82) is 0 Å². The number of hydrazone groups is 1. The fourth-order valence-corrected chi connectivity index (χ4v) is 5.63. The highest BCUT2D eigenvalue weighted by Gasteiger charge is 2.56. The molecule has 0 radical (unpaired) electrons. The van der Waals surface area contributed by atoms with Crippen molar-refractivity contribution in [2.24, 2.45) is 28.8 Å². The Morgan fingerprint density at radius 3 is 2.33 bits per heavy atom. The van der Waals surface area contributed by atoms with Gasteiger partial charge >= 0.3 is 5.97 Å². The van der Waals surface area contributed by atoms with Crippen LogP contribution in [0.3, 0.4) is 0 Å². The lowest BCUT2D eigenvalue weighted by Crippen LogP contribution is -2.38. The minimum Gasteiger partial charge on any atom is -0.462 e. The van der Waals surface area contributed by atoms with Crippen LogP contribution in [0.15, 0.2) is 47.6 Å². The highest BCUT2D eigenvalue weighted by Crippen LogP contribution is 2.49. The number of fused-ring (bicyclic) bond motifs is 1. The lowest BCUT2D eigenvalue weighted by atomic mass is 9.63. The number of esters is 1. The predicted octanol–water partition coefficient (Wildman–Crippen LogP) is 3.80. The van der Waals surface area contributed by atoms with Crippen LogP contribution < -0.4 is 0 Å². The highest BCUT2D eigenvalue weighted by atomic mass is 16.5. The molecule has 0 N–H and O–H groups in total. The van der Waals surface area contributed by atoms with E-state index in [2.05, 4.69) is 17.3 Å². The molecule has 6 rings (SSSR count). The molecule has 7 nitrogen and oxygen atoms in total. The van der Waals surface area contributed by atoms with Gasteiger partial charge in [0.25, 0.3) is 11.8 Å². The molecule has 0 spiro atoms. The zero-order valence-corrected chi connectivity index (χ0v) is 19.0. The lowest BCUT2D eigenvalue weighted by Gasteiger charge is -2.37. The second-order valence-electron chi connectivity index (χ2n) is 8.97. The highest BCUT2D eigenvalue weighted by molar-refractivity contribution is 6.06. The van der Waals surface area contributed by atoms with Crippen molar-refractivity contribution in [3.63, 3.8) is 0 Å². The van der Waals surface area contributed by atoms with E-state index in [1.807, 2.05) is 36.6 Å². The topological polar surface area (TPSA) is 81.0 Å². The van der Waals surface area contributed by atoms with E-state index in [-0.39, 0.29) is 41.5 Å². The molecular formula is C26H27N3O4. The van der Waals surface area contributed by atoms with Crippen molar-refractivity contribution in [3.8, 4) is 5.69 Å². The van der Waals surface area contributed by atoms with E-state index in [1.165, 1.54) is 0 Å². The third kappa shape index (κ3) is 3.34. The number of rotatable bonds is 5. The van der Waals surface area contributed by atoms with E-state index in [9.17, 15) is 14.4 Å². The van der Waals surface area contributed by atoms with Gasteiger partial charge in [-0.3, -0.25) is 9.59 Å². The van der Waals surface area contributed by atoms with Gasteiger partial charge in [0.05, 0.1) is 35.9 Å². The molecule has 4 aliphatic rings. The Morgan fingerprint density at radius 1 is 1.09 bits per heavy atom. The molecular weight excluding hydrogens is 418 g/mol. The van der Waals surface area contributed by atoms with Gasteiger partial charge in [-0.15, -0.1) is 0 Å². The van der Waals surface area contributed by atoms with Gasteiger partial charge in [-0.2, -0.15) is 10.1 Å². The van der Waals surface area contributed by atoms with E-state index in [4.69, 9.17) is 4.74 Å². The minimum atomic E-state index is -0.380. The summed E-state index contributed by atoms with van der Waals surface area (Å²) in [5.41, 5.74) is 3.73. The molecule has 1 aromatic heterocycles. The van der Waals surface area contributed by atoms with Crippen LogP contribution in [-0.2, 0) is 14.3 Å². The van der Waals surface area contributed by atoms with Crippen molar-refractivity contribution < 1.29 is 19.1 Å². The first-order chi connectivity index (χ1) is 15.9. The van der Waals surface area contributed by atoms with Crippen molar-refractivity contribution in [1.82, 2.24) is 9.58 Å². The Bertz CT molecular complexity index is 1180. The summed E-state index contributed by atoms with van der Waals surface area (Å²) in [5, 5.41) is 5.42. The van der Waals surface area contributed by atoms with Crippen molar-refractivity contribution in [2.45, 2.75) is 33.6 Å². The second kappa shape index (κ2) is 8.14.